The SMILES string of the molecule is CCC(=O)N(CCC[N+](C)(C)C)CCC[N+](C)(C)C. The Hall–Kier alpha value is -0.610. The van der Waals surface area contributed by atoms with Crippen LogP contribution in [-0.2, 0) is 4.79 Å². The van der Waals surface area contributed by atoms with Gasteiger partial charge in [-0.2, -0.15) is 0 Å². The molecule has 0 aromatic carbocycles. The van der Waals surface area contributed by atoms with Crippen molar-refractivity contribution in [2.75, 3.05) is 68.5 Å². The molecule has 0 radical (unpaired) electrons. The Morgan fingerprint density at radius 3 is 1.47 bits per heavy atom. The van der Waals surface area contributed by atoms with Crippen molar-refractivity contribution in [3.8, 4) is 0 Å². The van der Waals surface area contributed by atoms with E-state index >= 15 is 0 Å². The van der Waals surface area contributed by atoms with Crippen LogP contribution in [0.4, 0.5) is 0 Å². The second-order valence-electron chi connectivity index (χ2n) is 7.47. The van der Waals surface area contributed by atoms with Gasteiger partial charge in [-0.25, -0.2) is 0 Å². The van der Waals surface area contributed by atoms with Gasteiger partial charge in [-0.15, -0.1) is 0 Å². The van der Waals surface area contributed by atoms with Crippen LogP contribution in [0.2, 0.25) is 0 Å². The van der Waals surface area contributed by atoms with Crippen LogP contribution >= 0.6 is 0 Å². The predicted octanol–water partition coefficient (Wildman–Crippen LogP) is 1.42. The van der Waals surface area contributed by atoms with E-state index in [4.69, 9.17) is 0 Å². The Labute approximate surface area is 120 Å². The molecule has 0 atom stereocenters. The molecule has 0 aliphatic heterocycles. The van der Waals surface area contributed by atoms with Crippen LogP contribution in [0.1, 0.15) is 26.2 Å². The minimum Gasteiger partial charge on any atom is -0.342 e. The molecule has 0 bridgehead atoms. The van der Waals surface area contributed by atoms with Crippen molar-refractivity contribution >= 4 is 5.91 Å². The Balaban J connectivity index is 4.14. The molecule has 0 N–H and O–H groups in total. The smallest absolute Gasteiger partial charge is 0.222 e. The zero-order valence-corrected chi connectivity index (χ0v) is 14.2. The maximum absolute atomic E-state index is 11.9. The van der Waals surface area contributed by atoms with Gasteiger partial charge >= 0.3 is 0 Å². The van der Waals surface area contributed by atoms with Crippen molar-refractivity contribution in [2.24, 2.45) is 0 Å². The quantitative estimate of drug-likeness (QED) is 0.582. The number of hydrogen-bond acceptors (Lipinski definition) is 1. The number of hydrogen-bond donors (Lipinski definition) is 0. The molecule has 0 aliphatic carbocycles. The van der Waals surface area contributed by atoms with E-state index in [-0.39, 0.29) is 0 Å². The van der Waals surface area contributed by atoms with Crippen molar-refractivity contribution in [1.29, 1.82) is 0 Å². The summed E-state index contributed by atoms with van der Waals surface area (Å²) < 4.78 is 1.93. The third-order valence-electron chi connectivity index (χ3n) is 3.17. The van der Waals surface area contributed by atoms with Gasteiger partial charge in [-0.3, -0.25) is 4.79 Å². The van der Waals surface area contributed by atoms with Crippen LogP contribution in [-0.4, -0.2) is 88.2 Å². The summed E-state index contributed by atoms with van der Waals surface area (Å²) in [5.74, 6) is 0.294. The van der Waals surface area contributed by atoms with Crippen LogP contribution in [0.5, 0.6) is 0 Å². The summed E-state index contributed by atoms with van der Waals surface area (Å²) >= 11 is 0. The minimum absolute atomic E-state index is 0.294. The Morgan fingerprint density at radius 2 is 1.21 bits per heavy atom. The third kappa shape index (κ3) is 11.0. The average Bonchev–Trinajstić information content (AvgIpc) is 2.22. The van der Waals surface area contributed by atoms with Crippen molar-refractivity contribution in [1.82, 2.24) is 4.90 Å². The summed E-state index contributed by atoms with van der Waals surface area (Å²) in [6, 6.07) is 0. The van der Waals surface area contributed by atoms with Gasteiger partial charge in [0.15, 0.2) is 0 Å². The lowest BCUT2D eigenvalue weighted by Gasteiger charge is -2.28. The summed E-state index contributed by atoms with van der Waals surface area (Å²) in [6.45, 7) is 5.99. The normalized spacial score (nSPS) is 12.6. The molecule has 0 saturated heterocycles. The molecule has 0 saturated carbocycles. The number of quaternary nitrogens is 2. The topological polar surface area (TPSA) is 20.3 Å². The van der Waals surface area contributed by atoms with Crippen molar-refractivity contribution < 1.29 is 13.8 Å². The van der Waals surface area contributed by atoms with E-state index in [1.165, 1.54) is 0 Å². The maximum atomic E-state index is 11.9. The maximum Gasteiger partial charge on any atom is 0.222 e. The average molecular weight is 273 g/mol. The lowest BCUT2D eigenvalue weighted by molar-refractivity contribution is -0.870. The van der Waals surface area contributed by atoms with Gasteiger partial charge in [0.1, 0.15) is 0 Å². The van der Waals surface area contributed by atoms with Gasteiger partial charge in [0, 0.05) is 32.4 Å². The van der Waals surface area contributed by atoms with Crippen molar-refractivity contribution in [3.05, 3.63) is 0 Å². The van der Waals surface area contributed by atoms with Gasteiger partial charge in [0.25, 0.3) is 0 Å². The molecule has 0 aromatic rings. The molecule has 4 heteroatoms. The number of carbonyl (C=O) groups excluding carboxylic acids is 1. The molecule has 0 aliphatic rings. The molecule has 4 nitrogen and oxygen atoms in total. The summed E-state index contributed by atoms with van der Waals surface area (Å²) in [5.41, 5.74) is 0. The minimum atomic E-state index is 0.294. The van der Waals surface area contributed by atoms with Gasteiger partial charge in [-0.05, 0) is 0 Å². The van der Waals surface area contributed by atoms with Gasteiger partial charge in [0.05, 0.1) is 55.4 Å². The largest absolute Gasteiger partial charge is 0.342 e. The van der Waals surface area contributed by atoms with E-state index in [0.29, 0.717) is 12.3 Å². The number of amides is 1. The van der Waals surface area contributed by atoms with Crippen molar-refractivity contribution in [3.63, 3.8) is 0 Å². The van der Waals surface area contributed by atoms with E-state index in [9.17, 15) is 4.79 Å². The lowest BCUT2D eigenvalue weighted by atomic mass is 10.2. The van der Waals surface area contributed by atoms with Crippen LogP contribution < -0.4 is 0 Å². The highest BCUT2D eigenvalue weighted by molar-refractivity contribution is 5.75. The number of rotatable bonds is 9. The summed E-state index contributed by atoms with van der Waals surface area (Å²) in [6.07, 6.45) is 2.79. The third-order valence-corrected chi connectivity index (χ3v) is 3.17. The fourth-order valence-electron chi connectivity index (χ4n) is 2.06. The summed E-state index contributed by atoms with van der Waals surface area (Å²) in [4.78, 5) is 14.0. The fourth-order valence-corrected chi connectivity index (χ4v) is 2.06. The Kier molecular flexibility index (Phi) is 7.60. The van der Waals surface area contributed by atoms with E-state index < -0.39 is 0 Å². The second kappa shape index (κ2) is 7.85. The standard InChI is InChI=1S/C15H35N3O/c1-8-15(19)16(11-9-13-17(2,3)4)12-10-14-18(5,6)7/h8-14H2,1-7H3/q+2. The highest BCUT2D eigenvalue weighted by Crippen LogP contribution is 2.03. The Bertz CT molecular complexity index is 244. The van der Waals surface area contributed by atoms with Crippen LogP contribution in [0.3, 0.4) is 0 Å². The molecular formula is C15H35N3O+2. The molecule has 19 heavy (non-hydrogen) atoms. The van der Waals surface area contributed by atoms with Gasteiger partial charge in [0.2, 0.25) is 5.91 Å². The van der Waals surface area contributed by atoms with E-state index in [1.54, 1.807) is 0 Å². The molecule has 0 aromatic heterocycles. The first-order valence-electron chi connectivity index (χ1n) is 7.44. The Morgan fingerprint density at radius 1 is 0.842 bits per heavy atom. The monoisotopic (exact) mass is 273 g/mol. The first kappa shape index (κ1) is 18.4. The number of carbonyl (C=O) groups is 1. The first-order chi connectivity index (χ1) is 8.55. The molecule has 1 amide bonds. The number of nitrogens with zero attached hydrogens (tertiary/aromatic N) is 3. The zero-order valence-electron chi connectivity index (χ0n) is 14.2. The molecular weight excluding hydrogens is 238 g/mol. The second-order valence-corrected chi connectivity index (χ2v) is 7.47. The predicted molar refractivity (Wildman–Crippen MR) is 81.9 cm³/mol. The highest BCUT2D eigenvalue weighted by Gasteiger charge is 2.15. The van der Waals surface area contributed by atoms with E-state index in [0.717, 1.165) is 48.0 Å². The lowest BCUT2D eigenvalue weighted by Crippen LogP contribution is -2.41. The molecule has 0 fully saturated rings. The summed E-state index contributed by atoms with van der Waals surface area (Å²) in [7, 11) is 13.2. The van der Waals surface area contributed by atoms with Gasteiger partial charge in [-0.1, -0.05) is 6.92 Å². The molecule has 0 heterocycles. The molecule has 0 spiro atoms. The molecule has 0 rings (SSSR count). The highest BCUT2D eigenvalue weighted by atomic mass is 16.2. The van der Waals surface area contributed by atoms with E-state index in [2.05, 4.69) is 42.3 Å². The molecule has 114 valence electrons. The van der Waals surface area contributed by atoms with Crippen LogP contribution in [0, 0.1) is 0 Å². The van der Waals surface area contributed by atoms with Crippen LogP contribution in [0.25, 0.3) is 0 Å². The zero-order chi connectivity index (χ0) is 15.1. The first-order valence-corrected chi connectivity index (χ1v) is 7.44. The van der Waals surface area contributed by atoms with Crippen molar-refractivity contribution in [2.45, 2.75) is 26.2 Å². The van der Waals surface area contributed by atoms with Gasteiger partial charge < -0.3 is 13.9 Å². The summed E-state index contributed by atoms with van der Waals surface area (Å²) in [5, 5.41) is 0. The molecule has 0 unspecified atom stereocenters. The van der Waals surface area contributed by atoms with Crippen LogP contribution in [0.15, 0.2) is 0 Å². The fraction of sp³-hybridized carbons (Fsp3) is 0.933. The van der Waals surface area contributed by atoms with E-state index in [1.807, 2.05) is 11.8 Å².